The van der Waals surface area contributed by atoms with Crippen LogP contribution in [0.5, 0.6) is 0 Å². The summed E-state index contributed by atoms with van der Waals surface area (Å²) in [5.74, 6) is 1.85. The van der Waals surface area contributed by atoms with Gasteiger partial charge >= 0.3 is 0 Å². The van der Waals surface area contributed by atoms with Crippen molar-refractivity contribution in [2.75, 3.05) is 0 Å². The van der Waals surface area contributed by atoms with Crippen LogP contribution >= 0.6 is 15.9 Å². The number of halogens is 1. The fraction of sp³-hybridized carbons (Fsp3) is 0.353. The van der Waals surface area contributed by atoms with Gasteiger partial charge in [0.15, 0.2) is 5.78 Å². The highest BCUT2D eigenvalue weighted by atomic mass is 79.9. The van der Waals surface area contributed by atoms with Crippen LogP contribution in [0.2, 0.25) is 0 Å². The first-order valence-electron chi connectivity index (χ1n) is 7.15. The Kier molecular flexibility index (Phi) is 2.84. The maximum absolute atomic E-state index is 12.4. The van der Waals surface area contributed by atoms with E-state index in [2.05, 4.69) is 45.5 Å². The van der Waals surface area contributed by atoms with E-state index in [1.54, 1.807) is 0 Å². The zero-order valence-electron chi connectivity index (χ0n) is 11.1. The molecule has 3 aliphatic rings. The fourth-order valence-electron chi connectivity index (χ4n) is 3.99. The first kappa shape index (κ1) is 12.4. The Morgan fingerprint density at radius 2 is 1.80 bits per heavy atom. The monoisotopic (exact) mass is 329 g/mol. The average Bonchev–Trinajstić information content (AvgIpc) is 3.14. The maximum Gasteiger partial charge on any atom is 0.175 e. The van der Waals surface area contributed by atoms with Gasteiger partial charge in [-0.15, -0.1) is 0 Å². The van der Waals surface area contributed by atoms with E-state index in [1.807, 2.05) is 18.2 Å². The molecule has 1 aromatic carbocycles. The molecule has 1 saturated carbocycles. The summed E-state index contributed by atoms with van der Waals surface area (Å²) < 4.78 is 0.779. The quantitative estimate of drug-likeness (QED) is 0.861. The van der Waals surface area contributed by atoms with Crippen LogP contribution in [-0.2, 0) is 11.3 Å². The van der Waals surface area contributed by atoms with Gasteiger partial charge in [0.1, 0.15) is 0 Å². The largest absolute Gasteiger partial charge is 0.383 e. The standard InChI is InChI=1S/C17H16BrNO/c18-15-16(19-9-10-4-2-1-3-5-10)13-11-6-7-12(8-11)14(13)17(15)20/h1-7,11-14,19H,8-9H2. The molecule has 4 unspecified atom stereocenters. The van der Waals surface area contributed by atoms with Crippen LogP contribution in [0.3, 0.4) is 0 Å². The molecule has 20 heavy (non-hydrogen) atoms. The molecule has 0 spiro atoms. The third-order valence-electron chi connectivity index (χ3n) is 4.87. The Bertz CT molecular complexity index is 619. The summed E-state index contributed by atoms with van der Waals surface area (Å²) in [6.07, 6.45) is 5.69. The van der Waals surface area contributed by atoms with Gasteiger partial charge in [0.2, 0.25) is 0 Å². The molecule has 2 nitrogen and oxygen atoms in total. The number of carbonyl (C=O) groups is 1. The molecule has 4 rings (SSSR count). The molecule has 0 radical (unpaired) electrons. The number of nitrogens with one attached hydrogen (secondary N) is 1. The summed E-state index contributed by atoms with van der Waals surface area (Å²) in [4.78, 5) is 12.4. The molecule has 1 aromatic rings. The van der Waals surface area contributed by atoms with Crippen molar-refractivity contribution < 1.29 is 4.79 Å². The number of ketones is 1. The Morgan fingerprint density at radius 1 is 1.10 bits per heavy atom. The van der Waals surface area contributed by atoms with Crippen LogP contribution in [0.25, 0.3) is 0 Å². The van der Waals surface area contributed by atoms with Gasteiger partial charge < -0.3 is 5.32 Å². The lowest BCUT2D eigenvalue weighted by atomic mass is 9.84. The van der Waals surface area contributed by atoms with Gasteiger partial charge in [-0.1, -0.05) is 42.5 Å². The third-order valence-corrected chi connectivity index (χ3v) is 5.69. The van der Waals surface area contributed by atoms with Crippen molar-refractivity contribution in [3.63, 3.8) is 0 Å². The summed E-state index contributed by atoms with van der Waals surface area (Å²) in [5, 5.41) is 3.51. The zero-order valence-corrected chi connectivity index (χ0v) is 12.6. The van der Waals surface area contributed by atoms with Crippen LogP contribution in [-0.4, -0.2) is 5.78 Å². The lowest BCUT2D eigenvalue weighted by Crippen LogP contribution is -2.26. The van der Waals surface area contributed by atoms with Crippen molar-refractivity contribution in [2.45, 2.75) is 13.0 Å². The van der Waals surface area contributed by atoms with E-state index >= 15 is 0 Å². The number of fused-ring (bicyclic) bond motifs is 5. The van der Waals surface area contributed by atoms with E-state index in [9.17, 15) is 4.79 Å². The van der Waals surface area contributed by atoms with Crippen LogP contribution in [0.1, 0.15) is 12.0 Å². The average molecular weight is 330 g/mol. The summed E-state index contributed by atoms with van der Waals surface area (Å²) in [6.45, 7) is 0.781. The van der Waals surface area contributed by atoms with E-state index < -0.39 is 0 Å². The van der Waals surface area contributed by atoms with E-state index in [-0.39, 0.29) is 5.92 Å². The fourth-order valence-corrected chi connectivity index (χ4v) is 4.66. The lowest BCUT2D eigenvalue weighted by Gasteiger charge is -2.23. The highest BCUT2D eigenvalue weighted by Gasteiger charge is 2.54. The van der Waals surface area contributed by atoms with Crippen LogP contribution < -0.4 is 5.32 Å². The normalized spacial score (nSPS) is 34.0. The number of Topliss-reactive ketones (excluding diaryl/α,β-unsaturated/α-hetero) is 1. The first-order chi connectivity index (χ1) is 9.75. The predicted molar refractivity (Wildman–Crippen MR) is 82.0 cm³/mol. The van der Waals surface area contributed by atoms with E-state index in [0.29, 0.717) is 23.5 Å². The molecule has 0 aliphatic heterocycles. The number of rotatable bonds is 3. The topological polar surface area (TPSA) is 29.1 Å². The van der Waals surface area contributed by atoms with Crippen molar-refractivity contribution in [2.24, 2.45) is 23.7 Å². The molecular formula is C17H16BrNO. The van der Waals surface area contributed by atoms with E-state index in [1.165, 1.54) is 5.56 Å². The molecular weight excluding hydrogens is 314 g/mol. The minimum absolute atomic E-state index is 0.178. The van der Waals surface area contributed by atoms with E-state index in [0.717, 1.165) is 23.1 Å². The van der Waals surface area contributed by atoms with Crippen LogP contribution in [0, 0.1) is 23.7 Å². The van der Waals surface area contributed by atoms with Gasteiger partial charge in [-0.25, -0.2) is 0 Å². The molecule has 3 aliphatic carbocycles. The highest BCUT2D eigenvalue weighted by Crippen LogP contribution is 2.56. The summed E-state index contributed by atoms with van der Waals surface area (Å²) in [7, 11) is 0. The SMILES string of the molecule is O=C1C(Br)=C(NCc2ccccc2)C2C3C=CC(C3)C12. The first-order valence-corrected chi connectivity index (χ1v) is 7.95. The van der Waals surface area contributed by atoms with Gasteiger partial charge in [-0.3, -0.25) is 4.79 Å². The van der Waals surface area contributed by atoms with Crippen molar-refractivity contribution >= 4 is 21.7 Å². The molecule has 2 bridgehead atoms. The molecule has 102 valence electrons. The van der Waals surface area contributed by atoms with Crippen molar-refractivity contribution in [1.29, 1.82) is 0 Å². The van der Waals surface area contributed by atoms with Crippen molar-refractivity contribution in [1.82, 2.24) is 5.32 Å². The van der Waals surface area contributed by atoms with Crippen molar-refractivity contribution in [3.8, 4) is 0 Å². The number of carbonyl (C=O) groups excluding carboxylic acids is 1. The third kappa shape index (κ3) is 1.72. The highest BCUT2D eigenvalue weighted by molar-refractivity contribution is 9.12. The van der Waals surface area contributed by atoms with Gasteiger partial charge in [-0.2, -0.15) is 0 Å². The molecule has 0 amide bonds. The van der Waals surface area contributed by atoms with Crippen molar-refractivity contribution in [3.05, 3.63) is 58.2 Å². The van der Waals surface area contributed by atoms with Gasteiger partial charge in [0.25, 0.3) is 0 Å². The minimum atomic E-state index is 0.178. The minimum Gasteiger partial charge on any atom is -0.383 e. The van der Waals surface area contributed by atoms with E-state index in [4.69, 9.17) is 0 Å². The Labute approximate surface area is 127 Å². The smallest absolute Gasteiger partial charge is 0.175 e. The Hall–Kier alpha value is -1.35. The van der Waals surface area contributed by atoms with Gasteiger partial charge in [0, 0.05) is 24.1 Å². The van der Waals surface area contributed by atoms with Crippen LogP contribution in [0.4, 0.5) is 0 Å². The lowest BCUT2D eigenvalue weighted by molar-refractivity contribution is -0.119. The summed E-state index contributed by atoms with van der Waals surface area (Å²) in [5.41, 5.74) is 2.37. The number of allylic oxidation sites excluding steroid dienone is 4. The Morgan fingerprint density at radius 3 is 2.55 bits per heavy atom. The number of hydrogen-bond acceptors (Lipinski definition) is 2. The molecule has 1 fully saturated rings. The summed E-state index contributed by atoms with van der Waals surface area (Å²) >= 11 is 3.52. The zero-order chi connectivity index (χ0) is 13.7. The summed E-state index contributed by atoms with van der Waals surface area (Å²) in [6, 6.07) is 10.3. The molecule has 0 aromatic heterocycles. The number of benzene rings is 1. The molecule has 3 heteroatoms. The number of hydrogen-bond donors (Lipinski definition) is 1. The van der Waals surface area contributed by atoms with Gasteiger partial charge in [0.05, 0.1) is 4.48 Å². The molecule has 0 heterocycles. The van der Waals surface area contributed by atoms with Gasteiger partial charge in [-0.05, 0) is 39.8 Å². The maximum atomic E-state index is 12.4. The molecule has 1 N–H and O–H groups in total. The molecule has 0 saturated heterocycles. The second-order valence-electron chi connectivity index (χ2n) is 5.93. The predicted octanol–water partition coefficient (Wildman–Crippen LogP) is 3.40. The van der Waals surface area contributed by atoms with Crippen LogP contribution in [0.15, 0.2) is 52.7 Å². The molecule has 4 atom stereocenters. The Balaban J connectivity index is 1.58. The second kappa shape index (κ2) is 4.59. The second-order valence-corrected chi connectivity index (χ2v) is 6.72.